The molecule has 0 aliphatic rings. The number of nitrogens with zero attached hydrogens (tertiary/aromatic N) is 1. The van der Waals surface area contributed by atoms with Gasteiger partial charge in [-0.15, -0.1) is 0 Å². The zero-order valence-electron chi connectivity index (χ0n) is 7.60. The summed E-state index contributed by atoms with van der Waals surface area (Å²) in [5.74, 6) is 0. The number of aromatic amines is 1. The molecule has 2 aromatic rings. The van der Waals surface area contributed by atoms with Crippen molar-refractivity contribution in [1.29, 1.82) is 0 Å². The summed E-state index contributed by atoms with van der Waals surface area (Å²) in [6.07, 6.45) is -2.93. The highest BCUT2D eigenvalue weighted by Crippen LogP contribution is 2.26. The minimum Gasteiger partial charge on any atom is -0.319 e. The van der Waals surface area contributed by atoms with E-state index >= 15 is 0 Å². The zero-order valence-corrected chi connectivity index (χ0v) is 9.11. The first kappa shape index (κ1) is 11.3. The topological polar surface area (TPSA) is 45.8 Å². The Balaban J connectivity index is 2.80. The van der Waals surface area contributed by atoms with Crippen molar-refractivity contribution in [2.75, 3.05) is 0 Å². The van der Waals surface area contributed by atoms with Gasteiger partial charge in [-0.2, -0.15) is 0 Å². The van der Waals surface area contributed by atoms with E-state index in [4.69, 9.17) is 23.2 Å². The predicted octanol–water partition coefficient (Wildman–Crippen LogP) is 3.17. The fraction of sp³-hybridized carbons (Fsp3) is 0.111. The zero-order chi connectivity index (χ0) is 11.9. The number of halogens is 4. The van der Waals surface area contributed by atoms with Crippen molar-refractivity contribution >= 4 is 34.2 Å². The summed E-state index contributed by atoms with van der Waals surface area (Å²) >= 11 is 11.4. The van der Waals surface area contributed by atoms with Crippen molar-refractivity contribution < 1.29 is 8.78 Å². The minimum absolute atomic E-state index is 0.171. The van der Waals surface area contributed by atoms with E-state index in [1.807, 2.05) is 0 Å². The Morgan fingerprint density at radius 2 is 1.88 bits per heavy atom. The average molecular weight is 265 g/mol. The number of aromatic nitrogens is 2. The van der Waals surface area contributed by atoms with Gasteiger partial charge in [-0.1, -0.05) is 23.2 Å². The van der Waals surface area contributed by atoms with Gasteiger partial charge >= 0.3 is 0 Å². The van der Waals surface area contributed by atoms with Crippen molar-refractivity contribution in [3.8, 4) is 0 Å². The first-order valence-electron chi connectivity index (χ1n) is 4.16. The second-order valence-corrected chi connectivity index (χ2v) is 3.85. The van der Waals surface area contributed by atoms with Crippen molar-refractivity contribution in [3.05, 3.63) is 38.2 Å². The highest BCUT2D eigenvalue weighted by molar-refractivity contribution is 6.42. The number of hydrogen-bond acceptors (Lipinski definition) is 2. The molecular formula is C9H4Cl2F2N2O. The summed E-state index contributed by atoms with van der Waals surface area (Å²) in [6.45, 7) is 0. The lowest BCUT2D eigenvalue weighted by Gasteiger charge is -2.03. The van der Waals surface area contributed by atoms with E-state index in [1.165, 1.54) is 12.1 Å². The normalized spacial score (nSPS) is 11.3. The molecule has 0 radical (unpaired) electrons. The Kier molecular flexibility index (Phi) is 2.82. The fourth-order valence-electron chi connectivity index (χ4n) is 1.24. The smallest absolute Gasteiger partial charge is 0.285 e. The van der Waals surface area contributed by atoms with Crippen LogP contribution in [0.25, 0.3) is 11.0 Å². The third kappa shape index (κ3) is 1.88. The van der Waals surface area contributed by atoms with E-state index in [9.17, 15) is 13.6 Å². The van der Waals surface area contributed by atoms with Gasteiger partial charge in [-0.25, -0.2) is 13.8 Å². The Hall–Kier alpha value is -1.20. The van der Waals surface area contributed by atoms with Gasteiger partial charge in [0, 0.05) is 0 Å². The molecule has 0 aliphatic carbocycles. The average Bonchev–Trinajstić information content (AvgIpc) is 2.19. The van der Waals surface area contributed by atoms with Crippen molar-refractivity contribution in [2.24, 2.45) is 0 Å². The maximum absolute atomic E-state index is 12.4. The molecule has 1 aromatic carbocycles. The van der Waals surface area contributed by atoms with E-state index in [-0.39, 0.29) is 21.1 Å². The molecule has 16 heavy (non-hydrogen) atoms. The number of fused-ring (bicyclic) bond motifs is 1. The predicted molar refractivity (Wildman–Crippen MR) is 57.3 cm³/mol. The summed E-state index contributed by atoms with van der Waals surface area (Å²) in [7, 11) is 0. The Bertz CT molecular complexity index is 612. The quantitative estimate of drug-likeness (QED) is 0.860. The minimum atomic E-state index is -2.93. The van der Waals surface area contributed by atoms with Crippen LogP contribution in [0, 0.1) is 0 Å². The Morgan fingerprint density at radius 3 is 2.50 bits per heavy atom. The second kappa shape index (κ2) is 3.99. The van der Waals surface area contributed by atoms with Crippen LogP contribution in [0.4, 0.5) is 8.78 Å². The van der Waals surface area contributed by atoms with E-state index in [2.05, 4.69) is 9.97 Å². The third-order valence-corrected chi connectivity index (χ3v) is 2.69. The molecule has 1 aromatic heterocycles. The van der Waals surface area contributed by atoms with Gasteiger partial charge in [0.25, 0.3) is 12.0 Å². The van der Waals surface area contributed by atoms with Gasteiger partial charge < -0.3 is 4.98 Å². The fourth-order valence-corrected chi connectivity index (χ4v) is 1.57. The summed E-state index contributed by atoms with van der Waals surface area (Å²) in [6, 6.07) is 2.68. The summed E-state index contributed by atoms with van der Waals surface area (Å²) < 4.78 is 24.8. The lowest BCUT2D eigenvalue weighted by molar-refractivity contribution is 0.144. The van der Waals surface area contributed by atoms with E-state index < -0.39 is 17.7 Å². The lowest BCUT2D eigenvalue weighted by Crippen LogP contribution is -2.15. The van der Waals surface area contributed by atoms with Crippen LogP contribution in [0.3, 0.4) is 0 Å². The van der Waals surface area contributed by atoms with Crippen LogP contribution in [0.5, 0.6) is 0 Å². The van der Waals surface area contributed by atoms with Crippen LogP contribution in [-0.4, -0.2) is 9.97 Å². The van der Waals surface area contributed by atoms with Gasteiger partial charge in [0.1, 0.15) is 0 Å². The molecule has 2 rings (SSSR count). The van der Waals surface area contributed by atoms with Gasteiger partial charge in [0.15, 0.2) is 5.69 Å². The van der Waals surface area contributed by atoms with Crippen molar-refractivity contribution in [2.45, 2.75) is 6.43 Å². The van der Waals surface area contributed by atoms with Crippen LogP contribution in [-0.2, 0) is 0 Å². The van der Waals surface area contributed by atoms with Crippen molar-refractivity contribution in [3.63, 3.8) is 0 Å². The molecule has 0 spiro atoms. The van der Waals surface area contributed by atoms with Gasteiger partial charge in [0.05, 0.1) is 21.1 Å². The van der Waals surface area contributed by atoms with Crippen LogP contribution in [0.1, 0.15) is 12.1 Å². The molecule has 1 N–H and O–H groups in total. The lowest BCUT2D eigenvalue weighted by atomic mass is 10.3. The number of hydrogen-bond donors (Lipinski definition) is 1. The van der Waals surface area contributed by atoms with Crippen LogP contribution >= 0.6 is 23.2 Å². The van der Waals surface area contributed by atoms with E-state index in [0.717, 1.165) is 0 Å². The summed E-state index contributed by atoms with van der Waals surface area (Å²) in [5, 5.41) is 0.408. The molecule has 0 fully saturated rings. The maximum atomic E-state index is 12.4. The molecule has 0 saturated heterocycles. The maximum Gasteiger partial charge on any atom is 0.285 e. The monoisotopic (exact) mass is 264 g/mol. The molecular weight excluding hydrogens is 261 g/mol. The molecule has 1 heterocycles. The Labute approximate surface area is 98.0 Å². The first-order chi connectivity index (χ1) is 7.49. The highest BCUT2D eigenvalue weighted by Gasteiger charge is 2.15. The molecule has 0 unspecified atom stereocenters. The second-order valence-electron chi connectivity index (χ2n) is 3.04. The Morgan fingerprint density at radius 1 is 1.25 bits per heavy atom. The summed E-state index contributed by atoms with van der Waals surface area (Å²) in [5.41, 5.74) is -1.32. The standard InChI is InChI=1S/C9H4Cl2F2N2O/c10-3-1-5-6(2-4(3)11)15-9(16)7(14-5)8(12)13/h1-2,8H,(H,15,16). The SMILES string of the molecule is O=c1[nH]c2cc(Cl)c(Cl)cc2nc1C(F)F. The number of nitrogens with one attached hydrogen (secondary N) is 1. The first-order valence-corrected chi connectivity index (χ1v) is 4.92. The van der Waals surface area contributed by atoms with E-state index in [1.54, 1.807) is 0 Å². The molecule has 7 heteroatoms. The molecule has 0 saturated carbocycles. The number of rotatable bonds is 1. The van der Waals surface area contributed by atoms with Gasteiger partial charge in [-0.3, -0.25) is 4.79 Å². The van der Waals surface area contributed by atoms with Crippen LogP contribution < -0.4 is 5.56 Å². The van der Waals surface area contributed by atoms with Gasteiger partial charge in [0.2, 0.25) is 0 Å². The van der Waals surface area contributed by atoms with Gasteiger partial charge in [-0.05, 0) is 12.1 Å². The number of benzene rings is 1. The van der Waals surface area contributed by atoms with Crippen LogP contribution in [0.2, 0.25) is 10.0 Å². The molecule has 0 amide bonds. The number of H-pyrrole nitrogens is 1. The van der Waals surface area contributed by atoms with E-state index in [0.29, 0.717) is 0 Å². The number of alkyl halides is 2. The molecule has 3 nitrogen and oxygen atoms in total. The summed E-state index contributed by atoms with van der Waals surface area (Å²) in [4.78, 5) is 17.0. The molecule has 0 atom stereocenters. The largest absolute Gasteiger partial charge is 0.319 e. The van der Waals surface area contributed by atoms with Crippen LogP contribution in [0.15, 0.2) is 16.9 Å². The highest BCUT2D eigenvalue weighted by atomic mass is 35.5. The van der Waals surface area contributed by atoms with Crippen molar-refractivity contribution in [1.82, 2.24) is 9.97 Å². The molecule has 84 valence electrons. The molecule has 0 bridgehead atoms. The third-order valence-electron chi connectivity index (χ3n) is 1.97. The molecule has 0 aliphatic heterocycles.